The van der Waals surface area contributed by atoms with Crippen LogP contribution in [0.15, 0.2) is 0 Å². The lowest BCUT2D eigenvalue weighted by atomic mass is 10.1. The summed E-state index contributed by atoms with van der Waals surface area (Å²) in [5, 5.41) is 9.50. The van der Waals surface area contributed by atoms with Gasteiger partial charge < -0.3 is 10.6 Å². The van der Waals surface area contributed by atoms with E-state index in [9.17, 15) is 4.79 Å². The maximum atomic E-state index is 12.6. The van der Waals surface area contributed by atoms with Crippen LogP contribution in [0, 0.1) is 0 Å². The van der Waals surface area contributed by atoms with E-state index in [1.165, 1.54) is 11.3 Å². The highest BCUT2D eigenvalue weighted by Gasteiger charge is 2.26. The number of hydrogen-bond acceptors (Lipinski definition) is 5. The van der Waals surface area contributed by atoms with Crippen LogP contribution < -0.4 is 5.73 Å². The number of nitrogens with two attached hydrogens (primary N) is 1. The number of carbonyl (C=O) groups is 1. The Kier molecular flexibility index (Phi) is 3.80. The van der Waals surface area contributed by atoms with E-state index in [4.69, 9.17) is 5.73 Å². The smallest absolute Gasteiger partial charge is 0.266 e. The maximum Gasteiger partial charge on any atom is 0.266 e. The number of nitrogens with zero attached hydrogens (tertiary/aromatic N) is 3. The number of amides is 1. The normalized spacial score (nSPS) is 15.0. The zero-order chi connectivity index (χ0) is 15.0. The molecule has 0 spiro atoms. The van der Waals surface area contributed by atoms with Gasteiger partial charge >= 0.3 is 0 Å². The molecule has 21 heavy (non-hydrogen) atoms. The van der Waals surface area contributed by atoms with Gasteiger partial charge in [-0.25, -0.2) is 0 Å². The Labute approximate surface area is 128 Å². The molecule has 2 N–H and O–H groups in total. The van der Waals surface area contributed by atoms with Gasteiger partial charge in [-0.2, -0.15) is 5.10 Å². The molecular weight excluding hydrogens is 284 g/mol. The summed E-state index contributed by atoms with van der Waals surface area (Å²) in [4.78, 5) is 15.9. The molecule has 1 saturated heterocycles. The molecule has 2 aromatic heterocycles. The van der Waals surface area contributed by atoms with E-state index in [1.807, 2.05) is 4.90 Å². The maximum absolute atomic E-state index is 12.6. The Morgan fingerprint density at radius 1 is 1.24 bits per heavy atom. The molecule has 6 heteroatoms. The molecule has 2 aromatic rings. The molecule has 0 atom stereocenters. The van der Waals surface area contributed by atoms with E-state index >= 15 is 0 Å². The fraction of sp³-hybridized carbons (Fsp3) is 0.533. The molecule has 0 bridgehead atoms. The summed E-state index contributed by atoms with van der Waals surface area (Å²) < 4.78 is 0. The third-order valence-corrected chi connectivity index (χ3v) is 5.19. The van der Waals surface area contributed by atoms with Gasteiger partial charge in [-0.05, 0) is 31.2 Å². The second kappa shape index (κ2) is 5.60. The molecule has 0 radical (unpaired) electrons. The molecular formula is C15H20N4OS. The van der Waals surface area contributed by atoms with Crippen molar-refractivity contribution in [2.24, 2.45) is 0 Å². The van der Waals surface area contributed by atoms with E-state index in [0.717, 1.165) is 60.2 Å². The Hall–Kier alpha value is -1.69. The first kappa shape index (κ1) is 14.3. The van der Waals surface area contributed by atoms with Crippen LogP contribution in [0.4, 0.5) is 5.69 Å². The van der Waals surface area contributed by atoms with Gasteiger partial charge in [-0.3, -0.25) is 4.79 Å². The van der Waals surface area contributed by atoms with Crippen LogP contribution in [0.2, 0.25) is 0 Å². The molecule has 0 aliphatic carbocycles. The Morgan fingerprint density at radius 2 is 1.95 bits per heavy atom. The number of thiophene rings is 1. The lowest BCUT2D eigenvalue weighted by Gasteiger charge is -2.14. The van der Waals surface area contributed by atoms with Gasteiger partial charge in [0.15, 0.2) is 0 Å². The molecule has 5 nitrogen and oxygen atoms in total. The topological polar surface area (TPSA) is 72.1 Å². The number of anilines is 1. The minimum Gasteiger partial charge on any atom is -0.397 e. The molecule has 1 aliphatic rings. The van der Waals surface area contributed by atoms with Gasteiger partial charge in [0.2, 0.25) is 0 Å². The minimum absolute atomic E-state index is 0.0492. The SMILES string of the molecule is CCc1nnc2sc(C(=O)N3CCCC3)c(N)c2c1CC. The first-order valence-corrected chi connectivity index (χ1v) is 8.34. The average molecular weight is 304 g/mol. The number of nitrogen functional groups attached to an aromatic ring is 1. The fourth-order valence-electron chi connectivity index (χ4n) is 2.99. The number of carbonyl (C=O) groups excluding carboxylic acids is 1. The van der Waals surface area contributed by atoms with Crippen molar-refractivity contribution < 1.29 is 4.79 Å². The van der Waals surface area contributed by atoms with Crippen LogP contribution in [-0.2, 0) is 12.8 Å². The monoisotopic (exact) mass is 304 g/mol. The Balaban J connectivity index is 2.13. The third kappa shape index (κ3) is 2.27. The molecule has 0 saturated carbocycles. The molecule has 3 rings (SSSR count). The zero-order valence-electron chi connectivity index (χ0n) is 12.5. The molecule has 0 aromatic carbocycles. The summed E-state index contributed by atoms with van der Waals surface area (Å²) in [6.45, 7) is 5.82. The van der Waals surface area contributed by atoms with E-state index in [2.05, 4.69) is 24.0 Å². The van der Waals surface area contributed by atoms with Crippen molar-refractivity contribution in [2.75, 3.05) is 18.8 Å². The molecule has 1 aliphatic heterocycles. The number of aromatic nitrogens is 2. The Morgan fingerprint density at radius 3 is 2.57 bits per heavy atom. The van der Waals surface area contributed by atoms with Crippen molar-refractivity contribution in [1.82, 2.24) is 15.1 Å². The largest absolute Gasteiger partial charge is 0.397 e. The quantitative estimate of drug-likeness (QED) is 0.946. The van der Waals surface area contributed by atoms with Crippen molar-refractivity contribution in [3.8, 4) is 0 Å². The highest BCUT2D eigenvalue weighted by atomic mass is 32.1. The third-order valence-electron chi connectivity index (χ3n) is 4.11. The standard InChI is InChI=1S/C15H20N4OS/c1-3-9-10(4-2)17-18-14-11(9)12(16)13(21-14)15(20)19-7-5-6-8-19/h3-8,16H2,1-2H3. The molecule has 112 valence electrons. The summed E-state index contributed by atoms with van der Waals surface area (Å²) in [6.07, 6.45) is 3.84. The van der Waals surface area contributed by atoms with E-state index in [0.29, 0.717) is 10.6 Å². The second-order valence-corrected chi connectivity index (χ2v) is 6.36. The van der Waals surface area contributed by atoms with Gasteiger partial charge in [0.25, 0.3) is 5.91 Å². The van der Waals surface area contributed by atoms with Crippen molar-refractivity contribution in [1.29, 1.82) is 0 Å². The van der Waals surface area contributed by atoms with Crippen LogP contribution in [0.25, 0.3) is 10.2 Å². The summed E-state index contributed by atoms with van der Waals surface area (Å²) in [7, 11) is 0. The van der Waals surface area contributed by atoms with Crippen molar-refractivity contribution in [3.05, 3.63) is 16.1 Å². The number of rotatable bonds is 3. The molecule has 1 fully saturated rings. The van der Waals surface area contributed by atoms with Gasteiger partial charge in [-0.15, -0.1) is 16.4 Å². The summed E-state index contributed by atoms with van der Waals surface area (Å²) >= 11 is 1.38. The van der Waals surface area contributed by atoms with Crippen molar-refractivity contribution in [3.63, 3.8) is 0 Å². The summed E-state index contributed by atoms with van der Waals surface area (Å²) in [5.74, 6) is 0.0492. The number of fused-ring (bicyclic) bond motifs is 1. The highest BCUT2D eigenvalue weighted by Crippen LogP contribution is 2.36. The van der Waals surface area contributed by atoms with Crippen molar-refractivity contribution in [2.45, 2.75) is 39.5 Å². The van der Waals surface area contributed by atoms with Crippen LogP contribution in [0.5, 0.6) is 0 Å². The molecule has 0 unspecified atom stereocenters. The van der Waals surface area contributed by atoms with Gasteiger partial charge in [-0.1, -0.05) is 13.8 Å². The lowest BCUT2D eigenvalue weighted by Crippen LogP contribution is -2.27. The number of aryl methyl sites for hydroxylation is 2. The predicted octanol–water partition coefficient (Wildman–Crippen LogP) is 2.63. The highest BCUT2D eigenvalue weighted by molar-refractivity contribution is 7.21. The summed E-state index contributed by atoms with van der Waals surface area (Å²) in [5.41, 5.74) is 9.01. The van der Waals surface area contributed by atoms with E-state index in [-0.39, 0.29) is 5.91 Å². The van der Waals surface area contributed by atoms with E-state index in [1.54, 1.807) is 0 Å². The van der Waals surface area contributed by atoms with E-state index < -0.39 is 0 Å². The lowest BCUT2D eigenvalue weighted by molar-refractivity contribution is 0.0798. The van der Waals surface area contributed by atoms with Crippen LogP contribution in [0.3, 0.4) is 0 Å². The first-order chi connectivity index (χ1) is 10.2. The number of likely N-dealkylation sites (tertiary alicyclic amines) is 1. The fourth-order valence-corrected chi connectivity index (χ4v) is 4.03. The van der Waals surface area contributed by atoms with Gasteiger partial charge in [0.1, 0.15) is 9.71 Å². The predicted molar refractivity (Wildman–Crippen MR) is 85.7 cm³/mol. The molecule has 1 amide bonds. The van der Waals surface area contributed by atoms with Crippen LogP contribution in [-0.4, -0.2) is 34.1 Å². The zero-order valence-corrected chi connectivity index (χ0v) is 13.3. The van der Waals surface area contributed by atoms with Crippen LogP contribution >= 0.6 is 11.3 Å². The summed E-state index contributed by atoms with van der Waals surface area (Å²) in [6, 6.07) is 0. The Bertz CT molecular complexity index is 689. The number of hydrogen-bond donors (Lipinski definition) is 1. The second-order valence-electron chi connectivity index (χ2n) is 5.36. The van der Waals surface area contributed by atoms with Crippen LogP contribution in [0.1, 0.15) is 47.6 Å². The molecule has 3 heterocycles. The van der Waals surface area contributed by atoms with Gasteiger partial charge in [0, 0.05) is 18.5 Å². The average Bonchev–Trinajstić information content (AvgIpc) is 3.14. The minimum atomic E-state index is 0.0492. The van der Waals surface area contributed by atoms with Crippen molar-refractivity contribution >= 4 is 33.1 Å². The first-order valence-electron chi connectivity index (χ1n) is 7.53. The van der Waals surface area contributed by atoms with Gasteiger partial charge in [0.05, 0.1) is 11.4 Å².